The molecule has 1 N–H and O–H groups in total. The van der Waals surface area contributed by atoms with E-state index in [9.17, 15) is 24.0 Å². The van der Waals surface area contributed by atoms with Gasteiger partial charge in [0.15, 0.2) is 23.3 Å². The third-order valence-corrected chi connectivity index (χ3v) is 2.90. The second kappa shape index (κ2) is 5.52. The molecule has 2 aromatic rings. The van der Waals surface area contributed by atoms with Crippen LogP contribution in [-0.4, -0.2) is 24.8 Å². The predicted octanol–water partition coefficient (Wildman–Crippen LogP) is 2.20. The molecule has 1 heterocycles. The van der Waals surface area contributed by atoms with E-state index in [-0.39, 0.29) is 23.3 Å². The molecule has 21 heavy (non-hydrogen) atoms. The second-order valence-electron chi connectivity index (χ2n) is 4.60. The fraction of sp³-hybridized carbons (Fsp3) is 0.333. The molecule has 0 bridgehead atoms. The Hall–Kier alpha value is -2.42. The van der Waals surface area contributed by atoms with E-state index in [1.54, 1.807) is 13.8 Å². The summed E-state index contributed by atoms with van der Waals surface area (Å²) in [5.41, 5.74) is -0.813. The number of hydrogen-bond acceptors (Lipinski definition) is 5. The Bertz CT molecular complexity index is 700. The molecule has 9 heteroatoms. The van der Waals surface area contributed by atoms with E-state index in [1.807, 2.05) is 0 Å². The first-order chi connectivity index (χ1) is 9.86. The largest absolute Gasteiger partial charge is 0.388 e. The lowest BCUT2D eigenvalue weighted by Crippen LogP contribution is -2.09. The fourth-order valence-electron chi connectivity index (χ4n) is 2.02. The number of nitro groups is 1. The summed E-state index contributed by atoms with van der Waals surface area (Å²) in [6.45, 7) is 3.07. The maximum Gasteiger partial charge on any atom is 0.283 e. The van der Waals surface area contributed by atoms with Crippen molar-refractivity contribution in [1.29, 1.82) is 0 Å². The highest BCUT2D eigenvalue weighted by Crippen LogP contribution is 2.32. The zero-order valence-electron chi connectivity index (χ0n) is 11.2. The number of benzene rings is 1. The van der Waals surface area contributed by atoms with Crippen molar-refractivity contribution in [2.75, 3.05) is 0 Å². The summed E-state index contributed by atoms with van der Waals surface area (Å²) in [5, 5.41) is 27.7. The fourth-order valence-corrected chi connectivity index (χ4v) is 2.02. The Labute approximate surface area is 118 Å². The molecule has 0 fully saturated rings. The van der Waals surface area contributed by atoms with Gasteiger partial charge in [-0.1, -0.05) is 0 Å². The summed E-state index contributed by atoms with van der Waals surface area (Å²) in [7, 11) is 0. The summed E-state index contributed by atoms with van der Waals surface area (Å²) in [5.74, 6) is -2.36. The van der Waals surface area contributed by atoms with Gasteiger partial charge < -0.3 is 9.67 Å². The molecule has 2 rings (SSSR count). The first-order valence-corrected chi connectivity index (χ1v) is 6.05. The van der Waals surface area contributed by atoms with Crippen molar-refractivity contribution >= 4 is 5.69 Å². The molecule has 0 saturated heterocycles. The van der Waals surface area contributed by atoms with Gasteiger partial charge in [0.2, 0.25) is 0 Å². The van der Waals surface area contributed by atoms with Crippen LogP contribution in [0.4, 0.5) is 14.5 Å². The first kappa shape index (κ1) is 15.0. The van der Waals surface area contributed by atoms with Gasteiger partial charge in [0.1, 0.15) is 12.2 Å². The minimum Gasteiger partial charge on any atom is -0.388 e. The van der Waals surface area contributed by atoms with E-state index < -0.39 is 28.9 Å². The van der Waals surface area contributed by atoms with Crippen LogP contribution >= 0.6 is 0 Å². The van der Waals surface area contributed by atoms with Crippen LogP contribution in [0.5, 0.6) is 0 Å². The quantitative estimate of drug-likeness (QED) is 0.689. The summed E-state index contributed by atoms with van der Waals surface area (Å²) in [6.07, 6.45) is 0. The van der Waals surface area contributed by atoms with Crippen LogP contribution in [0, 0.1) is 21.7 Å². The molecular formula is C12H12F2N4O3. The van der Waals surface area contributed by atoms with Crippen LogP contribution in [0.1, 0.15) is 25.7 Å². The van der Waals surface area contributed by atoms with Crippen LogP contribution in [0.3, 0.4) is 0 Å². The number of rotatable bonds is 4. The Kier molecular flexibility index (Phi) is 3.94. The van der Waals surface area contributed by atoms with Gasteiger partial charge in [-0.05, 0) is 19.9 Å². The molecule has 0 aliphatic heterocycles. The molecule has 0 aliphatic carbocycles. The van der Waals surface area contributed by atoms with Gasteiger partial charge in [-0.15, -0.1) is 10.2 Å². The first-order valence-electron chi connectivity index (χ1n) is 6.05. The summed E-state index contributed by atoms with van der Waals surface area (Å²) >= 11 is 0. The summed E-state index contributed by atoms with van der Waals surface area (Å²) < 4.78 is 28.1. The molecule has 112 valence electrons. The number of nitro benzene ring substituents is 1. The topological polar surface area (TPSA) is 94.1 Å². The monoisotopic (exact) mass is 298 g/mol. The van der Waals surface area contributed by atoms with Crippen molar-refractivity contribution in [2.45, 2.75) is 26.5 Å². The van der Waals surface area contributed by atoms with E-state index in [2.05, 4.69) is 10.2 Å². The smallest absolute Gasteiger partial charge is 0.283 e. The van der Waals surface area contributed by atoms with E-state index in [1.165, 1.54) is 4.57 Å². The molecule has 0 atom stereocenters. The SMILES string of the molecule is CC(C)n1c(CO)nnc1-c1cc(F)c(F)cc1[N+](=O)[O-]. The molecule has 0 unspecified atom stereocenters. The summed E-state index contributed by atoms with van der Waals surface area (Å²) in [6, 6.07) is 0.977. The van der Waals surface area contributed by atoms with Gasteiger partial charge >= 0.3 is 0 Å². The number of nitrogens with zero attached hydrogens (tertiary/aromatic N) is 4. The Morgan fingerprint density at radius 3 is 2.48 bits per heavy atom. The summed E-state index contributed by atoms with van der Waals surface area (Å²) in [4.78, 5) is 10.2. The van der Waals surface area contributed by atoms with Crippen LogP contribution in [-0.2, 0) is 6.61 Å². The van der Waals surface area contributed by atoms with Gasteiger partial charge in [0.05, 0.1) is 11.0 Å². The number of hydrogen-bond donors (Lipinski definition) is 1. The van der Waals surface area contributed by atoms with E-state index in [4.69, 9.17) is 0 Å². The zero-order chi connectivity index (χ0) is 15.7. The molecule has 0 spiro atoms. The molecule has 0 radical (unpaired) electrons. The number of aliphatic hydroxyl groups is 1. The van der Waals surface area contributed by atoms with Crippen molar-refractivity contribution in [3.8, 4) is 11.4 Å². The standard InChI is InChI=1S/C12H12F2N4O3/c1-6(2)17-11(5-19)15-16-12(17)7-3-8(13)9(14)4-10(7)18(20)21/h3-4,6,19H,5H2,1-2H3. The van der Waals surface area contributed by atoms with Crippen LogP contribution < -0.4 is 0 Å². The predicted molar refractivity (Wildman–Crippen MR) is 68.3 cm³/mol. The normalized spacial score (nSPS) is 11.1. The molecule has 1 aromatic heterocycles. The van der Waals surface area contributed by atoms with Crippen molar-refractivity contribution in [1.82, 2.24) is 14.8 Å². The third-order valence-electron chi connectivity index (χ3n) is 2.90. The lowest BCUT2D eigenvalue weighted by atomic mass is 10.1. The molecular weight excluding hydrogens is 286 g/mol. The van der Waals surface area contributed by atoms with Crippen molar-refractivity contribution in [3.05, 3.63) is 39.7 Å². The van der Waals surface area contributed by atoms with Crippen molar-refractivity contribution < 1.29 is 18.8 Å². The van der Waals surface area contributed by atoms with Gasteiger partial charge in [-0.3, -0.25) is 10.1 Å². The van der Waals surface area contributed by atoms with Gasteiger partial charge in [-0.2, -0.15) is 0 Å². The zero-order valence-corrected chi connectivity index (χ0v) is 11.2. The molecule has 0 aliphatic rings. The number of aromatic nitrogens is 3. The van der Waals surface area contributed by atoms with Crippen LogP contribution in [0.15, 0.2) is 12.1 Å². The third kappa shape index (κ3) is 2.59. The van der Waals surface area contributed by atoms with Crippen molar-refractivity contribution in [2.24, 2.45) is 0 Å². The molecule has 1 aromatic carbocycles. The minimum absolute atomic E-state index is 0.000324. The maximum absolute atomic E-state index is 13.4. The van der Waals surface area contributed by atoms with E-state index in [0.29, 0.717) is 12.1 Å². The van der Waals surface area contributed by atoms with Gasteiger partial charge in [0.25, 0.3) is 5.69 Å². The minimum atomic E-state index is -1.32. The number of halogens is 2. The van der Waals surface area contributed by atoms with Crippen molar-refractivity contribution in [3.63, 3.8) is 0 Å². The Morgan fingerprint density at radius 1 is 1.33 bits per heavy atom. The molecule has 0 amide bonds. The van der Waals surface area contributed by atoms with E-state index in [0.717, 1.165) is 0 Å². The maximum atomic E-state index is 13.4. The van der Waals surface area contributed by atoms with Gasteiger partial charge in [0, 0.05) is 6.04 Å². The second-order valence-corrected chi connectivity index (χ2v) is 4.60. The average Bonchev–Trinajstić information content (AvgIpc) is 2.84. The highest BCUT2D eigenvalue weighted by molar-refractivity contribution is 5.68. The number of aliphatic hydroxyl groups excluding tert-OH is 1. The highest BCUT2D eigenvalue weighted by atomic mass is 19.2. The van der Waals surface area contributed by atoms with Crippen LogP contribution in [0.25, 0.3) is 11.4 Å². The van der Waals surface area contributed by atoms with Gasteiger partial charge in [-0.25, -0.2) is 8.78 Å². The Morgan fingerprint density at radius 2 is 1.95 bits per heavy atom. The molecule has 7 nitrogen and oxygen atoms in total. The highest BCUT2D eigenvalue weighted by Gasteiger charge is 2.26. The Balaban J connectivity index is 2.75. The van der Waals surface area contributed by atoms with Crippen LogP contribution in [0.2, 0.25) is 0 Å². The molecule has 0 saturated carbocycles. The lowest BCUT2D eigenvalue weighted by Gasteiger charge is -2.13. The average molecular weight is 298 g/mol. The lowest BCUT2D eigenvalue weighted by molar-refractivity contribution is -0.384. The van der Waals surface area contributed by atoms with E-state index >= 15 is 0 Å².